The van der Waals surface area contributed by atoms with E-state index in [1.54, 1.807) is 0 Å². The monoisotopic (exact) mass is 432 g/mol. The van der Waals surface area contributed by atoms with Crippen LogP contribution in [0.5, 0.6) is 0 Å². The van der Waals surface area contributed by atoms with E-state index < -0.39 is 12.2 Å². The molecule has 1 aliphatic heterocycles. The lowest BCUT2D eigenvalue weighted by Gasteiger charge is -2.24. The molecule has 2 fully saturated rings. The van der Waals surface area contributed by atoms with Gasteiger partial charge in [0.15, 0.2) is 0 Å². The van der Waals surface area contributed by atoms with Crippen molar-refractivity contribution in [2.24, 2.45) is 22.1 Å². The fraction of sp³-hybridized carbons (Fsp3) is 0.458. The highest BCUT2D eigenvalue weighted by atomic mass is 16.3. The predicted octanol–water partition coefficient (Wildman–Crippen LogP) is 2.21. The van der Waals surface area contributed by atoms with Crippen molar-refractivity contribution >= 4 is 28.4 Å². The normalized spacial score (nSPS) is 32.1. The van der Waals surface area contributed by atoms with Crippen LogP contribution >= 0.6 is 0 Å². The van der Waals surface area contributed by atoms with Gasteiger partial charge in [-0.25, -0.2) is 15.0 Å². The summed E-state index contributed by atoms with van der Waals surface area (Å²) in [7, 11) is 0. The van der Waals surface area contributed by atoms with Gasteiger partial charge in [0.25, 0.3) is 0 Å². The quantitative estimate of drug-likeness (QED) is 0.499. The van der Waals surface area contributed by atoms with Gasteiger partial charge in [-0.15, -0.1) is 0 Å². The Labute approximate surface area is 186 Å². The van der Waals surface area contributed by atoms with Crippen molar-refractivity contribution in [1.82, 2.24) is 14.5 Å². The van der Waals surface area contributed by atoms with Crippen LogP contribution in [0.3, 0.4) is 0 Å². The molecule has 0 unspecified atom stereocenters. The average molecular weight is 433 g/mol. The van der Waals surface area contributed by atoms with Gasteiger partial charge in [0.2, 0.25) is 0 Å². The molecule has 2 aromatic heterocycles. The summed E-state index contributed by atoms with van der Waals surface area (Å²) < 4.78 is 1.97. The molecule has 166 valence electrons. The Bertz CT molecular complexity index is 1280. The largest absolute Gasteiger partial charge is 0.390 e. The van der Waals surface area contributed by atoms with Crippen molar-refractivity contribution in [1.29, 1.82) is 0 Å². The highest BCUT2D eigenvalue weighted by molar-refractivity contribution is 5.98. The maximum absolute atomic E-state index is 11.0. The third kappa shape index (κ3) is 2.47. The van der Waals surface area contributed by atoms with Crippen molar-refractivity contribution in [2.45, 2.75) is 56.8 Å². The van der Waals surface area contributed by atoms with Crippen LogP contribution in [0.15, 0.2) is 41.8 Å². The molecule has 2 saturated carbocycles. The van der Waals surface area contributed by atoms with E-state index in [2.05, 4.69) is 47.0 Å². The van der Waals surface area contributed by atoms with Gasteiger partial charge in [-0.3, -0.25) is 0 Å². The van der Waals surface area contributed by atoms with Crippen LogP contribution in [0.2, 0.25) is 0 Å². The summed E-state index contributed by atoms with van der Waals surface area (Å²) in [5, 5.41) is 22.8. The second-order valence-electron chi connectivity index (χ2n) is 10.2. The molecule has 3 aliphatic rings. The number of hydrogen-bond donors (Lipinski definition) is 4. The minimum absolute atomic E-state index is 0.196. The maximum Gasteiger partial charge on any atom is 0.145 e. The number of aliphatic imine (C=N–C) groups is 1. The first kappa shape index (κ1) is 19.7. The Hall–Kier alpha value is -2.97. The van der Waals surface area contributed by atoms with Crippen LogP contribution in [-0.4, -0.2) is 42.8 Å². The molecule has 0 spiro atoms. The Morgan fingerprint density at radius 2 is 1.97 bits per heavy atom. The van der Waals surface area contributed by atoms with Crippen molar-refractivity contribution in [2.75, 3.05) is 5.73 Å². The number of aromatic nitrogens is 3. The molecular weight excluding hydrogens is 404 g/mol. The summed E-state index contributed by atoms with van der Waals surface area (Å²) in [6.45, 7) is 4.18. The summed E-state index contributed by atoms with van der Waals surface area (Å²) >= 11 is 0. The van der Waals surface area contributed by atoms with E-state index in [1.165, 1.54) is 11.9 Å². The standard InChI is InChI=1S/C24H28N6O2/c1-23(2)14-4-3-12(9-16(14)29-22(23)26)5-7-24-10-15(24)17(18(31)19(24)32)30-8-6-13-20(25)27-11-28-21(13)30/h3-4,6,8-9,11,15,17-19,31-32H,5,7,10H2,1-2H3,(H2,26,29)(H2,25,27,28)/t15-,17-,18+,19+,24-/m1/s1. The molecular formula is C24H28N6O2. The van der Waals surface area contributed by atoms with E-state index in [9.17, 15) is 10.2 Å². The van der Waals surface area contributed by atoms with Crippen LogP contribution in [0.1, 0.15) is 43.9 Å². The number of nitrogens with zero attached hydrogens (tertiary/aromatic N) is 4. The van der Waals surface area contributed by atoms with E-state index in [-0.39, 0.29) is 22.8 Å². The van der Waals surface area contributed by atoms with Gasteiger partial charge in [-0.05, 0) is 62.3 Å². The average Bonchev–Trinajstić information content (AvgIpc) is 3.15. The molecule has 3 heterocycles. The van der Waals surface area contributed by atoms with Crippen LogP contribution in [0.4, 0.5) is 11.5 Å². The van der Waals surface area contributed by atoms with E-state index in [1.807, 2.05) is 16.8 Å². The molecule has 0 saturated heterocycles. The number of anilines is 1. The number of nitrogen functional groups attached to an aromatic ring is 1. The molecule has 32 heavy (non-hydrogen) atoms. The van der Waals surface area contributed by atoms with Gasteiger partial charge < -0.3 is 26.2 Å². The number of benzene rings is 1. The van der Waals surface area contributed by atoms with Gasteiger partial charge in [-0.1, -0.05) is 12.1 Å². The first-order valence-electron chi connectivity index (χ1n) is 11.2. The Balaban J connectivity index is 1.25. The van der Waals surface area contributed by atoms with Crippen LogP contribution < -0.4 is 11.5 Å². The van der Waals surface area contributed by atoms with Crippen LogP contribution in [0, 0.1) is 11.3 Å². The first-order valence-corrected chi connectivity index (χ1v) is 11.2. The van der Waals surface area contributed by atoms with Crippen LogP contribution in [0.25, 0.3) is 11.0 Å². The topological polar surface area (TPSA) is 136 Å². The summed E-state index contributed by atoms with van der Waals surface area (Å²) in [5.41, 5.74) is 15.6. The van der Waals surface area contributed by atoms with Gasteiger partial charge in [0.1, 0.15) is 29.7 Å². The van der Waals surface area contributed by atoms with Gasteiger partial charge in [0, 0.05) is 17.0 Å². The molecule has 8 nitrogen and oxygen atoms in total. The third-order valence-electron chi connectivity index (χ3n) is 8.21. The zero-order valence-electron chi connectivity index (χ0n) is 18.2. The Kier molecular flexibility index (Phi) is 3.88. The predicted molar refractivity (Wildman–Crippen MR) is 123 cm³/mol. The minimum Gasteiger partial charge on any atom is -0.390 e. The second kappa shape index (κ2) is 6.30. The summed E-state index contributed by atoms with van der Waals surface area (Å²) in [4.78, 5) is 13.0. The lowest BCUT2D eigenvalue weighted by molar-refractivity contribution is -0.0191. The van der Waals surface area contributed by atoms with E-state index >= 15 is 0 Å². The fourth-order valence-corrected chi connectivity index (χ4v) is 6.08. The summed E-state index contributed by atoms with van der Waals surface area (Å²) in [6, 6.07) is 8.03. The summed E-state index contributed by atoms with van der Waals surface area (Å²) in [6.07, 6.45) is 4.24. The van der Waals surface area contributed by atoms with Gasteiger partial charge in [-0.2, -0.15) is 0 Å². The number of aliphatic hydroxyl groups excluding tert-OH is 2. The third-order valence-corrected chi connectivity index (χ3v) is 8.21. The first-order chi connectivity index (χ1) is 15.2. The highest BCUT2D eigenvalue weighted by Crippen LogP contribution is 2.69. The zero-order chi connectivity index (χ0) is 22.4. The Morgan fingerprint density at radius 1 is 1.16 bits per heavy atom. The fourth-order valence-electron chi connectivity index (χ4n) is 6.08. The molecule has 6 rings (SSSR count). The molecule has 1 aromatic carbocycles. The van der Waals surface area contributed by atoms with Crippen molar-refractivity contribution in [3.8, 4) is 0 Å². The summed E-state index contributed by atoms with van der Waals surface area (Å²) in [5.74, 6) is 1.26. The van der Waals surface area contributed by atoms with Crippen molar-refractivity contribution < 1.29 is 10.2 Å². The van der Waals surface area contributed by atoms with Crippen LogP contribution in [-0.2, 0) is 11.8 Å². The number of nitrogens with two attached hydrogens (primary N) is 2. The van der Waals surface area contributed by atoms with Gasteiger partial charge in [0.05, 0.1) is 23.2 Å². The smallest absolute Gasteiger partial charge is 0.145 e. The second-order valence-corrected chi connectivity index (χ2v) is 10.2. The number of amidine groups is 1. The molecule has 8 heteroatoms. The van der Waals surface area contributed by atoms with E-state index in [0.717, 1.165) is 35.9 Å². The SMILES string of the molecule is CC1(C)C(N)=Nc2cc(CC[C@@]34C[C@@H]3[C@@H](n3ccc5c(N)ncnc53)[C@H](O)[C@@H]4O)ccc21. The number of aliphatic hydroxyl groups is 2. The van der Waals surface area contributed by atoms with Crippen molar-refractivity contribution in [3.05, 3.63) is 47.9 Å². The molecule has 0 bridgehead atoms. The number of hydrogen-bond acceptors (Lipinski definition) is 7. The highest BCUT2D eigenvalue weighted by Gasteiger charge is 2.70. The molecule has 3 aromatic rings. The minimum atomic E-state index is -0.842. The van der Waals surface area contributed by atoms with Crippen molar-refractivity contribution in [3.63, 3.8) is 0 Å². The lowest BCUT2D eigenvalue weighted by atomic mass is 9.84. The van der Waals surface area contributed by atoms with E-state index in [0.29, 0.717) is 17.3 Å². The zero-order valence-corrected chi connectivity index (χ0v) is 18.2. The number of fused-ring (bicyclic) bond motifs is 3. The molecule has 0 amide bonds. The molecule has 2 aliphatic carbocycles. The number of rotatable bonds is 4. The lowest BCUT2D eigenvalue weighted by Crippen LogP contribution is -2.34. The Morgan fingerprint density at radius 3 is 2.78 bits per heavy atom. The molecule has 0 radical (unpaired) electrons. The van der Waals surface area contributed by atoms with E-state index in [4.69, 9.17) is 11.5 Å². The van der Waals surface area contributed by atoms with Gasteiger partial charge >= 0.3 is 0 Å². The molecule has 5 atom stereocenters. The number of aryl methyl sites for hydroxylation is 1. The maximum atomic E-state index is 11.0. The molecule has 6 N–H and O–H groups in total.